The van der Waals surface area contributed by atoms with Crippen molar-refractivity contribution in [2.45, 2.75) is 33.1 Å². The van der Waals surface area contributed by atoms with E-state index in [1.807, 2.05) is 18.2 Å². The fourth-order valence-corrected chi connectivity index (χ4v) is 4.07. The van der Waals surface area contributed by atoms with Gasteiger partial charge in [0.1, 0.15) is 23.0 Å². The first-order valence-electron chi connectivity index (χ1n) is 9.16. The molecule has 128 valence electrons. The van der Waals surface area contributed by atoms with Gasteiger partial charge in [0.25, 0.3) is 6.71 Å². The third kappa shape index (κ3) is 2.13. The van der Waals surface area contributed by atoms with Gasteiger partial charge in [0.15, 0.2) is 0 Å². The summed E-state index contributed by atoms with van der Waals surface area (Å²) in [6, 6.07) is 19.1. The van der Waals surface area contributed by atoms with Crippen LogP contribution in [0.3, 0.4) is 0 Å². The molecule has 3 aromatic rings. The number of rotatable bonds is 0. The van der Waals surface area contributed by atoms with E-state index in [1.54, 1.807) is 0 Å². The van der Waals surface area contributed by atoms with Crippen molar-refractivity contribution in [3.8, 4) is 23.0 Å². The predicted octanol–water partition coefficient (Wildman–Crippen LogP) is 4.02. The fraction of sp³-hybridized carbons (Fsp3) is 0.217. The molecule has 0 saturated heterocycles. The summed E-state index contributed by atoms with van der Waals surface area (Å²) >= 11 is 0. The highest BCUT2D eigenvalue weighted by Gasteiger charge is 2.40. The third-order valence-electron chi connectivity index (χ3n) is 5.49. The van der Waals surface area contributed by atoms with Crippen molar-refractivity contribution in [3.05, 3.63) is 65.7 Å². The van der Waals surface area contributed by atoms with E-state index in [0.717, 1.165) is 28.5 Å². The molecule has 0 spiro atoms. The summed E-state index contributed by atoms with van der Waals surface area (Å²) in [5, 5.41) is 0. The number of hydrogen-bond donors (Lipinski definition) is 0. The zero-order valence-electron chi connectivity index (χ0n) is 15.6. The highest BCUT2D eigenvalue weighted by atomic mass is 16.5. The van der Waals surface area contributed by atoms with Gasteiger partial charge in [-0.05, 0) is 52.6 Å². The van der Waals surface area contributed by atoms with E-state index >= 15 is 0 Å². The van der Waals surface area contributed by atoms with E-state index in [4.69, 9.17) is 9.47 Å². The number of fused-ring (bicyclic) bond motifs is 4. The molecule has 0 N–H and O–H groups in total. The van der Waals surface area contributed by atoms with Gasteiger partial charge in [-0.25, -0.2) is 0 Å². The first-order valence-corrected chi connectivity index (χ1v) is 9.16. The number of hydrogen-bond acceptors (Lipinski definition) is 2. The van der Waals surface area contributed by atoms with Crippen molar-refractivity contribution < 1.29 is 9.47 Å². The summed E-state index contributed by atoms with van der Waals surface area (Å²) in [6.45, 7) is 9.01. The molecule has 0 radical (unpaired) electrons. The van der Waals surface area contributed by atoms with Crippen molar-refractivity contribution in [2.24, 2.45) is 0 Å². The lowest BCUT2D eigenvalue weighted by atomic mass is 9.34. The monoisotopic (exact) mass is 340 g/mol. The molecule has 0 aromatic heterocycles. The third-order valence-corrected chi connectivity index (χ3v) is 5.49. The molecule has 0 atom stereocenters. The summed E-state index contributed by atoms with van der Waals surface area (Å²) in [4.78, 5) is 0. The Morgan fingerprint density at radius 3 is 2.27 bits per heavy atom. The van der Waals surface area contributed by atoms with E-state index in [-0.39, 0.29) is 12.1 Å². The van der Waals surface area contributed by atoms with Crippen molar-refractivity contribution in [1.29, 1.82) is 0 Å². The molecule has 0 aliphatic carbocycles. The summed E-state index contributed by atoms with van der Waals surface area (Å²) in [6.07, 6.45) is 0. The minimum absolute atomic E-state index is 0.0927. The average Bonchev–Trinajstić information content (AvgIpc) is 2.61. The predicted molar refractivity (Wildman–Crippen MR) is 108 cm³/mol. The minimum Gasteiger partial charge on any atom is -0.458 e. The number of ether oxygens (including phenoxy) is 2. The molecule has 2 nitrogen and oxygen atoms in total. The van der Waals surface area contributed by atoms with Crippen molar-refractivity contribution >= 4 is 23.1 Å². The van der Waals surface area contributed by atoms with Gasteiger partial charge in [-0.1, -0.05) is 57.2 Å². The van der Waals surface area contributed by atoms with E-state index in [2.05, 4.69) is 64.1 Å². The van der Waals surface area contributed by atoms with Crippen LogP contribution < -0.4 is 25.9 Å². The Morgan fingerprint density at radius 2 is 1.50 bits per heavy atom. The SMILES string of the molecule is Cc1cccc2c1Oc1cccc3c1B2c1cc(C(C)(C)C)ccc1O3. The van der Waals surface area contributed by atoms with Gasteiger partial charge in [-0.2, -0.15) is 0 Å². The quantitative estimate of drug-likeness (QED) is 0.397. The molecule has 5 rings (SSSR count). The van der Waals surface area contributed by atoms with Gasteiger partial charge < -0.3 is 9.47 Å². The molecule has 26 heavy (non-hydrogen) atoms. The maximum absolute atomic E-state index is 6.29. The van der Waals surface area contributed by atoms with Crippen LogP contribution in [0.4, 0.5) is 0 Å². The maximum atomic E-state index is 6.29. The number of benzene rings is 3. The molecule has 0 fully saturated rings. The molecule has 0 unspecified atom stereocenters. The summed E-state index contributed by atoms with van der Waals surface area (Å²) < 4.78 is 12.5. The second-order valence-electron chi connectivity index (χ2n) is 8.30. The van der Waals surface area contributed by atoms with Crippen LogP contribution in [-0.4, -0.2) is 6.71 Å². The molecule has 2 aliphatic heterocycles. The normalized spacial score (nSPS) is 13.9. The van der Waals surface area contributed by atoms with Crippen LogP contribution in [0.25, 0.3) is 0 Å². The highest BCUT2D eigenvalue weighted by Crippen LogP contribution is 2.36. The van der Waals surface area contributed by atoms with Crippen LogP contribution in [0.1, 0.15) is 31.9 Å². The van der Waals surface area contributed by atoms with Crippen molar-refractivity contribution in [1.82, 2.24) is 0 Å². The van der Waals surface area contributed by atoms with Crippen LogP contribution >= 0.6 is 0 Å². The van der Waals surface area contributed by atoms with Gasteiger partial charge >= 0.3 is 0 Å². The van der Waals surface area contributed by atoms with E-state index in [0.29, 0.717) is 0 Å². The van der Waals surface area contributed by atoms with Crippen LogP contribution in [0.5, 0.6) is 23.0 Å². The largest absolute Gasteiger partial charge is 0.458 e. The average molecular weight is 340 g/mol. The fourth-order valence-electron chi connectivity index (χ4n) is 4.07. The van der Waals surface area contributed by atoms with Gasteiger partial charge in [0.2, 0.25) is 0 Å². The van der Waals surface area contributed by atoms with Gasteiger partial charge in [-0.15, -0.1) is 0 Å². The highest BCUT2D eigenvalue weighted by molar-refractivity contribution is 6.98. The van der Waals surface area contributed by atoms with Crippen molar-refractivity contribution in [2.75, 3.05) is 0 Å². The molecule has 3 heteroatoms. The van der Waals surface area contributed by atoms with Gasteiger partial charge in [0, 0.05) is 5.46 Å². The van der Waals surface area contributed by atoms with E-state index in [9.17, 15) is 0 Å². The summed E-state index contributed by atoms with van der Waals surface area (Å²) in [5.41, 5.74) is 6.17. The summed E-state index contributed by atoms with van der Waals surface area (Å²) in [5.74, 6) is 3.73. The smallest absolute Gasteiger partial charge is 0.260 e. The van der Waals surface area contributed by atoms with E-state index in [1.165, 1.54) is 22.1 Å². The molecule has 0 saturated carbocycles. The Labute approximate surface area is 154 Å². The molecular formula is C23H21BO2. The lowest BCUT2D eigenvalue weighted by Crippen LogP contribution is -2.57. The Hall–Kier alpha value is -2.68. The molecule has 0 amide bonds. The van der Waals surface area contributed by atoms with Crippen LogP contribution in [0.15, 0.2) is 54.6 Å². The minimum atomic E-state index is 0.0927. The summed E-state index contributed by atoms with van der Waals surface area (Å²) in [7, 11) is 0. The zero-order chi connectivity index (χ0) is 18.1. The van der Waals surface area contributed by atoms with Gasteiger partial charge in [-0.3, -0.25) is 0 Å². The zero-order valence-corrected chi connectivity index (χ0v) is 15.6. The lowest BCUT2D eigenvalue weighted by Gasteiger charge is -2.34. The molecule has 2 aliphatic rings. The Bertz CT molecular complexity index is 1050. The molecule has 0 bridgehead atoms. The van der Waals surface area contributed by atoms with E-state index < -0.39 is 0 Å². The van der Waals surface area contributed by atoms with Crippen LogP contribution in [0, 0.1) is 6.92 Å². The molecule has 2 heterocycles. The first-order chi connectivity index (χ1) is 12.4. The Morgan fingerprint density at radius 1 is 0.769 bits per heavy atom. The topological polar surface area (TPSA) is 18.5 Å². The number of aryl methyl sites for hydroxylation is 1. The van der Waals surface area contributed by atoms with Gasteiger partial charge in [0.05, 0.1) is 0 Å². The van der Waals surface area contributed by atoms with Crippen molar-refractivity contribution in [3.63, 3.8) is 0 Å². The number of para-hydroxylation sites is 1. The second-order valence-corrected chi connectivity index (χ2v) is 8.30. The molecular weight excluding hydrogens is 319 g/mol. The molecule has 3 aromatic carbocycles. The maximum Gasteiger partial charge on any atom is 0.260 e. The second kappa shape index (κ2) is 5.17. The Balaban J connectivity index is 1.82. The first kappa shape index (κ1) is 15.6. The van der Waals surface area contributed by atoms with Crippen LogP contribution in [-0.2, 0) is 5.41 Å². The lowest BCUT2D eigenvalue weighted by molar-refractivity contribution is 0.462. The Kier molecular flexibility index (Phi) is 3.09. The standard InChI is InChI=1S/C23H21BO2/c1-14-7-5-8-16-22(14)26-20-10-6-9-19-21(20)24(16)17-13-15(23(2,3)4)11-12-18(17)25-19/h5-13H,1-4H3. The van der Waals surface area contributed by atoms with Crippen LogP contribution in [0.2, 0.25) is 0 Å².